The first kappa shape index (κ1) is 16.8. The van der Waals surface area contributed by atoms with Gasteiger partial charge in [-0.05, 0) is 39.0 Å². The number of hydrogen-bond donors (Lipinski definition) is 0. The van der Waals surface area contributed by atoms with E-state index in [1.54, 1.807) is 24.5 Å². The summed E-state index contributed by atoms with van der Waals surface area (Å²) < 4.78 is 24.9. The first-order chi connectivity index (χ1) is 11.5. The first-order valence-electron chi connectivity index (χ1n) is 7.66. The summed E-state index contributed by atoms with van der Waals surface area (Å²) in [5.74, 6) is 0.355. The third-order valence-corrected chi connectivity index (χ3v) is 5.06. The Morgan fingerprint density at radius 2 is 2.04 bits per heavy atom. The number of aromatic nitrogens is 2. The van der Waals surface area contributed by atoms with Crippen molar-refractivity contribution in [3.8, 4) is 5.75 Å². The van der Waals surface area contributed by atoms with Gasteiger partial charge in [-0.15, -0.1) is 11.3 Å². The van der Waals surface area contributed by atoms with Gasteiger partial charge in [0.05, 0.1) is 11.2 Å². The average Bonchev–Trinajstić information content (AvgIpc) is 3.04. The van der Waals surface area contributed by atoms with E-state index in [0.717, 1.165) is 27.5 Å². The molecule has 0 bridgehead atoms. The van der Waals surface area contributed by atoms with Crippen LogP contribution in [0.15, 0.2) is 23.6 Å². The van der Waals surface area contributed by atoms with Crippen LogP contribution in [0.3, 0.4) is 0 Å². The minimum Gasteiger partial charge on any atom is -0.486 e. The van der Waals surface area contributed by atoms with E-state index in [0.29, 0.717) is 17.7 Å². The molecule has 0 saturated carbocycles. The van der Waals surface area contributed by atoms with Crippen LogP contribution >= 0.6 is 11.3 Å². The van der Waals surface area contributed by atoms with Crippen LogP contribution in [0.4, 0.5) is 4.39 Å². The highest BCUT2D eigenvalue weighted by Gasteiger charge is 2.14. The van der Waals surface area contributed by atoms with Crippen molar-refractivity contribution in [2.45, 2.75) is 33.5 Å². The number of nitrogens with zero attached hydrogens (tertiary/aromatic N) is 2. The summed E-state index contributed by atoms with van der Waals surface area (Å²) in [5, 5.41) is 3.55. The van der Waals surface area contributed by atoms with Crippen LogP contribution in [0.25, 0.3) is 10.9 Å². The van der Waals surface area contributed by atoms with E-state index in [-0.39, 0.29) is 11.9 Å². The zero-order chi connectivity index (χ0) is 17.3. The number of thiazole rings is 1. The number of methoxy groups -OCH3 is 1. The third-order valence-electron chi connectivity index (χ3n) is 4.01. The molecular weight excluding hydrogens is 327 g/mol. The molecule has 0 aliphatic carbocycles. The van der Waals surface area contributed by atoms with E-state index >= 15 is 0 Å². The number of rotatable bonds is 5. The van der Waals surface area contributed by atoms with Gasteiger partial charge in [-0.1, -0.05) is 0 Å². The molecule has 2 heterocycles. The molecule has 24 heavy (non-hydrogen) atoms. The molecule has 0 aliphatic heterocycles. The Hall–Kier alpha value is -2.05. The van der Waals surface area contributed by atoms with E-state index in [4.69, 9.17) is 9.47 Å². The fraction of sp³-hybridized carbons (Fsp3) is 0.333. The van der Waals surface area contributed by atoms with Crippen LogP contribution in [0.2, 0.25) is 0 Å². The maximum absolute atomic E-state index is 13.6. The topological polar surface area (TPSA) is 44.2 Å². The zero-order valence-electron chi connectivity index (χ0n) is 14.1. The van der Waals surface area contributed by atoms with Crippen molar-refractivity contribution in [2.24, 2.45) is 0 Å². The summed E-state index contributed by atoms with van der Waals surface area (Å²) in [6, 6.07) is 4.54. The molecule has 0 spiro atoms. The van der Waals surface area contributed by atoms with Gasteiger partial charge in [0.15, 0.2) is 0 Å². The second-order valence-corrected chi connectivity index (χ2v) is 6.55. The van der Waals surface area contributed by atoms with Gasteiger partial charge in [-0.2, -0.15) is 0 Å². The van der Waals surface area contributed by atoms with Gasteiger partial charge in [-0.3, -0.25) is 4.98 Å². The molecule has 0 radical (unpaired) electrons. The van der Waals surface area contributed by atoms with Crippen molar-refractivity contribution in [1.82, 2.24) is 9.97 Å². The van der Waals surface area contributed by atoms with Crippen molar-refractivity contribution in [2.75, 3.05) is 7.11 Å². The van der Waals surface area contributed by atoms with Gasteiger partial charge in [0, 0.05) is 29.1 Å². The third kappa shape index (κ3) is 3.25. The summed E-state index contributed by atoms with van der Waals surface area (Å²) in [7, 11) is 1.66. The molecule has 6 heteroatoms. The molecule has 126 valence electrons. The number of benzene rings is 1. The summed E-state index contributed by atoms with van der Waals surface area (Å²) in [5.41, 5.74) is 3.34. The van der Waals surface area contributed by atoms with Gasteiger partial charge >= 0.3 is 0 Å². The maximum atomic E-state index is 13.6. The van der Waals surface area contributed by atoms with Gasteiger partial charge < -0.3 is 9.47 Å². The van der Waals surface area contributed by atoms with Gasteiger partial charge in [-0.25, -0.2) is 9.37 Å². The second-order valence-electron chi connectivity index (χ2n) is 5.66. The van der Waals surface area contributed by atoms with E-state index in [1.807, 2.05) is 26.2 Å². The lowest BCUT2D eigenvalue weighted by atomic mass is 10.1. The second kappa shape index (κ2) is 6.83. The Balaban J connectivity index is 1.90. The van der Waals surface area contributed by atoms with Crippen molar-refractivity contribution in [3.63, 3.8) is 0 Å². The van der Waals surface area contributed by atoms with Crippen molar-refractivity contribution < 1.29 is 13.9 Å². The van der Waals surface area contributed by atoms with Crippen molar-refractivity contribution >= 4 is 22.2 Å². The molecule has 2 aromatic heterocycles. The predicted molar refractivity (Wildman–Crippen MR) is 93.0 cm³/mol. The van der Waals surface area contributed by atoms with E-state index < -0.39 is 0 Å². The predicted octanol–water partition coefficient (Wildman–Crippen LogP) is 4.73. The minimum absolute atomic E-state index is 0.0384. The molecule has 3 rings (SSSR count). The first-order valence-corrected chi connectivity index (χ1v) is 8.54. The highest BCUT2D eigenvalue weighted by Crippen LogP contribution is 2.31. The standard InChI is InChI=1S/C18H19FN2O2S/c1-10-11(2)20-16-6-5-13(19)7-15(16)17(10)23-8-14-9-24-18(21-14)12(3)22-4/h5-7,9,12H,8H2,1-4H3/t12-/m1/s1. The van der Waals surface area contributed by atoms with Crippen molar-refractivity contribution in [3.05, 3.63) is 51.4 Å². The summed E-state index contributed by atoms with van der Waals surface area (Å²) in [6.07, 6.45) is -0.0384. The molecule has 0 unspecified atom stereocenters. The molecule has 1 atom stereocenters. The molecular formula is C18H19FN2O2S. The fourth-order valence-corrected chi connectivity index (χ4v) is 3.26. The monoisotopic (exact) mass is 346 g/mol. The lowest BCUT2D eigenvalue weighted by Gasteiger charge is -2.13. The van der Waals surface area contributed by atoms with Crippen LogP contribution in [-0.2, 0) is 11.3 Å². The number of hydrogen-bond acceptors (Lipinski definition) is 5. The number of ether oxygens (including phenoxy) is 2. The van der Waals surface area contributed by atoms with Crippen LogP contribution in [-0.4, -0.2) is 17.1 Å². The molecule has 0 amide bonds. The largest absolute Gasteiger partial charge is 0.486 e. The number of aryl methyl sites for hydroxylation is 1. The Labute approximate surface area is 144 Å². The van der Waals surface area contributed by atoms with Gasteiger partial charge in [0.1, 0.15) is 29.3 Å². The Morgan fingerprint density at radius 1 is 1.25 bits per heavy atom. The lowest BCUT2D eigenvalue weighted by molar-refractivity contribution is 0.119. The molecule has 4 nitrogen and oxygen atoms in total. The molecule has 0 N–H and O–H groups in total. The maximum Gasteiger partial charge on any atom is 0.134 e. The van der Waals surface area contributed by atoms with Crippen LogP contribution in [0.1, 0.15) is 35.0 Å². The Bertz CT molecular complexity index is 879. The molecule has 0 saturated heterocycles. The van der Waals surface area contributed by atoms with E-state index in [1.165, 1.54) is 12.1 Å². The molecule has 0 aliphatic rings. The van der Waals surface area contributed by atoms with Crippen molar-refractivity contribution in [1.29, 1.82) is 0 Å². The normalized spacial score (nSPS) is 12.5. The lowest BCUT2D eigenvalue weighted by Crippen LogP contribution is -2.02. The average molecular weight is 346 g/mol. The summed E-state index contributed by atoms with van der Waals surface area (Å²) >= 11 is 1.54. The highest BCUT2D eigenvalue weighted by molar-refractivity contribution is 7.09. The summed E-state index contributed by atoms with van der Waals surface area (Å²) in [4.78, 5) is 9.02. The fourth-order valence-electron chi connectivity index (χ4n) is 2.43. The Morgan fingerprint density at radius 3 is 2.79 bits per heavy atom. The summed E-state index contributed by atoms with van der Waals surface area (Å²) in [6.45, 7) is 6.13. The number of fused-ring (bicyclic) bond motifs is 1. The molecule has 1 aromatic carbocycles. The number of pyridine rings is 1. The van der Waals surface area contributed by atoms with Crippen LogP contribution in [0.5, 0.6) is 5.75 Å². The van der Waals surface area contributed by atoms with Gasteiger partial charge in [0.25, 0.3) is 0 Å². The van der Waals surface area contributed by atoms with Crippen LogP contribution < -0.4 is 4.74 Å². The Kier molecular flexibility index (Phi) is 4.78. The van der Waals surface area contributed by atoms with E-state index in [2.05, 4.69) is 9.97 Å². The van der Waals surface area contributed by atoms with Gasteiger partial charge in [0.2, 0.25) is 0 Å². The SMILES string of the molecule is CO[C@H](C)c1nc(COc2c(C)c(C)nc3ccc(F)cc23)cs1. The molecule has 0 fully saturated rings. The zero-order valence-corrected chi connectivity index (χ0v) is 14.9. The smallest absolute Gasteiger partial charge is 0.134 e. The quantitative estimate of drug-likeness (QED) is 0.670. The highest BCUT2D eigenvalue weighted by atomic mass is 32.1. The van der Waals surface area contributed by atoms with E-state index in [9.17, 15) is 4.39 Å². The molecule has 3 aromatic rings. The number of halogens is 1. The van der Waals surface area contributed by atoms with Crippen LogP contribution in [0, 0.1) is 19.7 Å². The minimum atomic E-state index is -0.303.